The Labute approximate surface area is 217 Å². The largest absolute Gasteiger partial charge is 0.277 e. The minimum atomic E-state index is -0.445. The zero-order valence-electron chi connectivity index (χ0n) is 16.0. The van der Waals surface area contributed by atoms with Crippen molar-refractivity contribution in [2.45, 2.75) is 0 Å². The summed E-state index contributed by atoms with van der Waals surface area (Å²) >= 11 is 8.56. The fourth-order valence-corrected chi connectivity index (χ4v) is 11.8. The van der Waals surface area contributed by atoms with Crippen molar-refractivity contribution in [1.82, 2.24) is 0 Å². The summed E-state index contributed by atoms with van der Waals surface area (Å²) in [6.07, 6.45) is 0. The van der Waals surface area contributed by atoms with E-state index in [9.17, 15) is 9.59 Å². The molecule has 0 spiro atoms. The molecule has 4 aromatic rings. The lowest BCUT2D eigenvalue weighted by atomic mass is 10.3. The van der Waals surface area contributed by atoms with Crippen molar-refractivity contribution in [3.8, 4) is 0 Å². The molecule has 0 N–H and O–H groups in total. The molecule has 5 rings (SSSR count). The van der Waals surface area contributed by atoms with Crippen LogP contribution in [0.3, 0.4) is 0 Å². The van der Waals surface area contributed by atoms with E-state index in [2.05, 4.69) is 12.1 Å². The molecule has 4 aromatic heterocycles. The first-order valence-corrected chi connectivity index (χ1v) is 16.4. The van der Waals surface area contributed by atoms with Crippen LogP contribution in [0.2, 0.25) is 0 Å². The topological polar surface area (TPSA) is 34.1 Å². The standard InChI is InChI=1S/C22H12O2S8/c23-21-22(24)30-18(14-6-2-10-26-14)20(16-8-4-12-28-16)32-31-19(15-7-3-11-27-15)17(29-21)13-5-1-9-25-13/h1-12H/b19-17-,20-18-. The Balaban J connectivity index is 1.70. The number of thioether (sulfide) groups is 2. The van der Waals surface area contributed by atoms with E-state index in [1.54, 1.807) is 66.9 Å². The van der Waals surface area contributed by atoms with Gasteiger partial charge >= 0.3 is 0 Å². The first-order chi connectivity index (χ1) is 15.7. The Bertz CT molecular complexity index is 1180. The van der Waals surface area contributed by atoms with Crippen molar-refractivity contribution in [3.63, 3.8) is 0 Å². The van der Waals surface area contributed by atoms with Crippen LogP contribution in [0.5, 0.6) is 0 Å². The van der Waals surface area contributed by atoms with Crippen LogP contribution in [-0.2, 0) is 9.59 Å². The van der Waals surface area contributed by atoms with Gasteiger partial charge in [0.1, 0.15) is 0 Å². The van der Waals surface area contributed by atoms with Gasteiger partial charge in [-0.3, -0.25) is 9.59 Å². The Morgan fingerprint density at radius 2 is 0.750 bits per heavy atom. The van der Waals surface area contributed by atoms with E-state index in [1.165, 1.54) is 0 Å². The summed E-state index contributed by atoms with van der Waals surface area (Å²) < 4.78 is 0. The lowest BCUT2D eigenvalue weighted by Crippen LogP contribution is -2.06. The van der Waals surface area contributed by atoms with Gasteiger partial charge in [-0.2, -0.15) is 0 Å². The molecule has 32 heavy (non-hydrogen) atoms. The summed E-state index contributed by atoms with van der Waals surface area (Å²) in [5.41, 5.74) is 0. The van der Waals surface area contributed by atoms with Gasteiger partial charge in [-0.25, -0.2) is 0 Å². The van der Waals surface area contributed by atoms with Crippen LogP contribution in [-0.4, -0.2) is 10.2 Å². The molecule has 160 valence electrons. The summed E-state index contributed by atoms with van der Waals surface area (Å²) in [6.45, 7) is 0. The maximum absolute atomic E-state index is 13.1. The average Bonchev–Trinajstić information content (AvgIpc) is 3.61. The molecule has 0 bridgehead atoms. The van der Waals surface area contributed by atoms with Gasteiger partial charge in [0.25, 0.3) is 10.2 Å². The summed E-state index contributed by atoms with van der Waals surface area (Å²) in [6, 6.07) is 16.2. The number of hydrogen-bond acceptors (Lipinski definition) is 10. The maximum Gasteiger partial charge on any atom is 0.271 e. The number of rotatable bonds is 4. The second-order valence-electron chi connectivity index (χ2n) is 6.17. The Kier molecular flexibility index (Phi) is 7.49. The third-order valence-corrected chi connectivity index (χ3v) is 13.1. The van der Waals surface area contributed by atoms with Gasteiger partial charge in [-0.1, -0.05) is 24.3 Å². The van der Waals surface area contributed by atoms with Crippen LogP contribution in [0.4, 0.5) is 0 Å². The van der Waals surface area contributed by atoms with Gasteiger partial charge in [0.15, 0.2) is 0 Å². The third kappa shape index (κ3) is 4.92. The molecule has 1 aliphatic heterocycles. The molecular weight excluding hydrogens is 553 g/mol. The predicted molar refractivity (Wildman–Crippen MR) is 151 cm³/mol. The fourth-order valence-electron chi connectivity index (χ4n) is 2.78. The molecule has 0 saturated heterocycles. The van der Waals surface area contributed by atoms with Crippen molar-refractivity contribution >= 4 is 120 Å². The molecule has 0 fully saturated rings. The highest BCUT2D eigenvalue weighted by Crippen LogP contribution is 2.57. The van der Waals surface area contributed by atoms with Crippen molar-refractivity contribution in [3.05, 3.63) is 89.6 Å². The van der Waals surface area contributed by atoms with Gasteiger partial charge in [-0.15, -0.1) is 45.3 Å². The van der Waals surface area contributed by atoms with Crippen LogP contribution >= 0.6 is 90.5 Å². The van der Waals surface area contributed by atoms with Gasteiger partial charge < -0.3 is 0 Å². The van der Waals surface area contributed by atoms with E-state index in [4.69, 9.17) is 0 Å². The minimum Gasteiger partial charge on any atom is -0.277 e. The van der Waals surface area contributed by atoms with Crippen molar-refractivity contribution < 1.29 is 9.59 Å². The van der Waals surface area contributed by atoms with E-state index in [1.807, 2.05) is 57.9 Å². The van der Waals surface area contributed by atoms with Gasteiger partial charge in [0.2, 0.25) is 0 Å². The summed E-state index contributed by atoms with van der Waals surface area (Å²) in [5, 5.41) is 7.19. The highest BCUT2D eigenvalue weighted by Gasteiger charge is 2.29. The second kappa shape index (κ2) is 10.5. The highest BCUT2D eigenvalue weighted by atomic mass is 33.1. The monoisotopic (exact) mass is 564 g/mol. The number of carbonyl (C=O) groups is 2. The second-order valence-corrected chi connectivity index (χ2v) is 14.1. The van der Waals surface area contributed by atoms with E-state index < -0.39 is 10.2 Å². The fraction of sp³-hybridized carbons (Fsp3) is 0. The molecule has 2 nitrogen and oxygen atoms in total. The average molecular weight is 565 g/mol. The molecule has 1 aliphatic rings. The van der Waals surface area contributed by atoms with Crippen LogP contribution in [0.1, 0.15) is 19.5 Å². The van der Waals surface area contributed by atoms with Crippen LogP contribution in [0, 0.1) is 0 Å². The van der Waals surface area contributed by atoms with Crippen molar-refractivity contribution in [1.29, 1.82) is 0 Å². The quantitative estimate of drug-likeness (QED) is 0.182. The minimum absolute atomic E-state index is 0.445. The smallest absolute Gasteiger partial charge is 0.271 e. The molecule has 0 atom stereocenters. The van der Waals surface area contributed by atoms with Gasteiger partial charge in [0.05, 0.1) is 9.81 Å². The molecule has 0 aromatic carbocycles. The molecule has 0 amide bonds. The van der Waals surface area contributed by atoms with Crippen molar-refractivity contribution in [2.24, 2.45) is 0 Å². The van der Waals surface area contributed by atoms with E-state index >= 15 is 0 Å². The van der Waals surface area contributed by atoms with Crippen LogP contribution < -0.4 is 0 Å². The number of carbonyl (C=O) groups excluding carboxylic acids is 2. The normalized spacial score (nSPS) is 20.6. The molecule has 0 radical (unpaired) electrons. The van der Waals surface area contributed by atoms with E-state index in [0.717, 1.165) is 62.7 Å². The van der Waals surface area contributed by atoms with Crippen LogP contribution in [0.15, 0.2) is 70.1 Å². The van der Waals surface area contributed by atoms with E-state index in [-0.39, 0.29) is 0 Å². The van der Waals surface area contributed by atoms with Gasteiger partial charge in [-0.05, 0) is 90.9 Å². The Morgan fingerprint density at radius 1 is 0.438 bits per heavy atom. The van der Waals surface area contributed by atoms with E-state index in [0.29, 0.717) is 0 Å². The first kappa shape index (κ1) is 22.8. The summed E-state index contributed by atoms with van der Waals surface area (Å²) in [7, 11) is 3.33. The SMILES string of the molecule is O=C1S/C(c2cccs2)=C(/c2cccs2)SS/C(c2cccs2)=C(/c2cccs2)SC1=O. The molecule has 5 heterocycles. The number of thiophene rings is 4. The maximum atomic E-state index is 13.1. The Hall–Kier alpha value is -0.980. The third-order valence-electron chi connectivity index (χ3n) is 4.16. The predicted octanol–water partition coefficient (Wildman–Crippen LogP) is 9.20. The zero-order valence-corrected chi connectivity index (χ0v) is 22.5. The number of hydrogen-bond donors (Lipinski definition) is 0. The van der Waals surface area contributed by atoms with Crippen molar-refractivity contribution in [2.75, 3.05) is 0 Å². The molecule has 0 aliphatic carbocycles. The molecule has 0 saturated carbocycles. The molecule has 0 unspecified atom stereocenters. The lowest BCUT2D eigenvalue weighted by molar-refractivity contribution is -0.126. The lowest BCUT2D eigenvalue weighted by Gasteiger charge is -2.17. The Morgan fingerprint density at radius 3 is 1.03 bits per heavy atom. The first-order valence-electron chi connectivity index (χ1n) is 9.13. The summed E-state index contributed by atoms with van der Waals surface area (Å²) in [4.78, 5) is 34.1. The molecular formula is C22H12O2S8. The molecule has 10 heteroatoms. The van der Waals surface area contributed by atoms with Gasteiger partial charge in [0, 0.05) is 29.3 Å². The summed E-state index contributed by atoms with van der Waals surface area (Å²) in [5.74, 6) is 0. The zero-order chi connectivity index (χ0) is 21.9. The highest BCUT2D eigenvalue weighted by molar-refractivity contribution is 8.83. The van der Waals surface area contributed by atoms with Crippen LogP contribution in [0.25, 0.3) is 19.6 Å².